The average Bonchev–Trinajstić information content (AvgIpc) is 2.79. The van der Waals surface area contributed by atoms with Crippen LogP contribution in [0, 0.1) is 0 Å². The van der Waals surface area contributed by atoms with Gasteiger partial charge in [0, 0.05) is 27.1 Å². The SMILES string of the molecule is O[C@@H]1C[C@@H](c2cccs2)Sc2ccccc2N1. The monoisotopic (exact) mass is 263 g/mol. The van der Waals surface area contributed by atoms with E-state index in [4.69, 9.17) is 0 Å². The minimum Gasteiger partial charge on any atom is -0.374 e. The highest BCUT2D eigenvalue weighted by atomic mass is 32.2. The van der Waals surface area contributed by atoms with Gasteiger partial charge in [0.15, 0.2) is 0 Å². The lowest BCUT2D eigenvalue weighted by atomic mass is 10.2. The lowest BCUT2D eigenvalue weighted by Crippen LogP contribution is -2.18. The second-order valence-corrected chi connectivity index (χ2v) is 6.24. The molecule has 1 aliphatic heterocycles. The molecule has 0 amide bonds. The molecule has 0 spiro atoms. The predicted molar refractivity (Wildman–Crippen MR) is 73.6 cm³/mol. The second-order valence-electron chi connectivity index (χ2n) is 4.01. The van der Waals surface area contributed by atoms with Crippen LogP contribution in [0.3, 0.4) is 0 Å². The van der Waals surface area contributed by atoms with Gasteiger partial charge in [0.25, 0.3) is 0 Å². The largest absolute Gasteiger partial charge is 0.374 e. The lowest BCUT2D eigenvalue weighted by molar-refractivity contribution is 0.193. The molecule has 1 aromatic heterocycles. The summed E-state index contributed by atoms with van der Waals surface area (Å²) < 4.78 is 0. The predicted octanol–water partition coefficient (Wildman–Crippen LogP) is 3.72. The van der Waals surface area contributed by atoms with Gasteiger partial charge in [-0.2, -0.15) is 0 Å². The van der Waals surface area contributed by atoms with Crippen LogP contribution in [0.25, 0.3) is 0 Å². The first-order valence-electron chi connectivity index (χ1n) is 5.56. The van der Waals surface area contributed by atoms with Crippen LogP contribution < -0.4 is 5.32 Å². The summed E-state index contributed by atoms with van der Waals surface area (Å²) in [6.45, 7) is 0. The van der Waals surface area contributed by atoms with E-state index in [0.29, 0.717) is 5.25 Å². The van der Waals surface area contributed by atoms with Crippen molar-refractivity contribution in [3.8, 4) is 0 Å². The Kier molecular flexibility index (Phi) is 3.09. The van der Waals surface area contributed by atoms with Gasteiger partial charge in [0.1, 0.15) is 6.23 Å². The van der Waals surface area contributed by atoms with Gasteiger partial charge in [-0.1, -0.05) is 18.2 Å². The van der Waals surface area contributed by atoms with E-state index >= 15 is 0 Å². The Bertz CT molecular complexity index is 498. The number of anilines is 1. The first kappa shape index (κ1) is 11.1. The number of aliphatic hydroxyl groups excluding tert-OH is 1. The first-order valence-corrected chi connectivity index (χ1v) is 7.32. The van der Waals surface area contributed by atoms with Crippen molar-refractivity contribution in [1.82, 2.24) is 0 Å². The number of benzene rings is 1. The number of rotatable bonds is 1. The quantitative estimate of drug-likeness (QED) is 0.822. The Balaban J connectivity index is 1.95. The van der Waals surface area contributed by atoms with Crippen LogP contribution in [0.2, 0.25) is 0 Å². The molecule has 0 radical (unpaired) electrons. The minimum atomic E-state index is -0.474. The summed E-state index contributed by atoms with van der Waals surface area (Å²) in [4.78, 5) is 2.54. The maximum absolute atomic E-state index is 9.99. The van der Waals surface area contributed by atoms with Crippen molar-refractivity contribution >= 4 is 28.8 Å². The molecule has 0 aliphatic carbocycles. The number of hydrogen-bond donors (Lipinski definition) is 2. The van der Waals surface area contributed by atoms with Crippen LogP contribution in [0.4, 0.5) is 5.69 Å². The Morgan fingerprint density at radius 3 is 2.88 bits per heavy atom. The smallest absolute Gasteiger partial charge is 0.125 e. The molecule has 2 N–H and O–H groups in total. The highest BCUT2D eigenvalue weighted by Gasteiger charge is 2.23. The van der Waals surface area contributed by atoms with Crippen LogP contribution >= 0.6 is 23.1 Å². The molecule has 0 saturated heterocycles. The molecule has 3 rings (SSSR count). The maximum Gasteiger partial charge on any atom is 0.125 e. The van der Waals surface area contributed by atoms with Crippen molar-refractivity contribution in [1.29, 1.82) is 0 Å². The van der Waals surface area contributed by atoms with Crippen LogP contribution in [-0.2, 0) is 0 Å². The Hall–Kier alpha value is -0.970. The molecule has 0 bridgehead atoms. The van der Waals surface area contributed by atoms with Gasteiger partial charge in [-0.25, -0.2) is 0 Å². The number of thioether (sulfide) groups is 1. The van der Waals surface area contributed by atoms with Crippen LogP contribution in [0.5, 0.6) is 0 Å². The lowest BCUT2D eigenvalue weighted by Gasteiger charge is -2.14. The molecule has 1 aromatic carbocycles. The van der Waals surface area contributed by atoms with E-state index in [1.54, 1.807) is 11.3 Å². The van der Waals surface area contributed by atoms with Crippen molar-refractivity contribution in [3.05, 3.63) is 46.7 Å². The minimum absolute atomic E-state index is 0.334. The molecule has 0 fully saturated rings. The zero-order valence-electron chi connectivity index (χ0n) is 9.17. The highest BCUT2D eigenvalue weighted by Crippen LogP contribution is 2.45. The summed E-state index contributed by atoms with van der Waals surface area (Å²) in [7, 11) is 0. The number of thiophene rings is 1. The Morgan fingerprint density at radius 1 is 1.18 bits per heavy atom. The summed E-state index contributed by atoms with van der Waals surface area (Å²) >= 11 is 3.58. The molecule has 2 heterocycles. The number of hydrogen-bond acceptors (Lipinski definition) is 4. The summed E-state index contributed by atoms with van der Waals surface area (Å²) in [6.07, 6.45) is 0.262. The Morgan fingerprint density at radius 2 is 2.06 bits per heavy atom. The van der Waals surface area contributed by atoms with E-state index in [-0.39, 0.29) is 0 Å². The van der Waals surface area contributed by atoms with Gasteiger partial charge >= 0.3 is 0 Å². The third-order valence-corrected chi connectivity index (χ3v) is 5.25. The fraction of sp³-hybridized carbons (Fsp3) is 0.231. The molecule has 1 aliphatic rings. The van der Waals surface area contributed by atoms with Crippen LogP contribution in [0.1, 0.15) is 16.5 Å². The van der Waals surface area contributed by atoms with Gasteiger partial charge in [0.2, 0.25) is 0 Å². The number of aliphatic hydroxyl groups is 1. The molecule has 4 heteroatoms. The van der Waals surface area contributed by atoms with E-state index in [0.717, 1.165) is 12.1 Å². The first-order chi connectivity index (χ1) is 8.33. The summed E-state index contributed by atoms with van der Waals surface area (Å²) in [6, 6.07) is 12.4. The number of para-hydroxylation sites is 1. The van der Waals surface area contributed by atoms with Crippen molar-refractivity contribution in [3.63, 3.8) is 0 Å². The third-order valence-electron chi connectivity index (χ3n) is 2.78. The molecule has 2 atom stereocenters. The molecule has 2 nitrogen and oxygen atoms in total. The van der Waals surface area contributed by atoms with Crippen molar-refractivity contribution in [2.75, 3.05) is 5.32 Å². The van der Waals surface area contributed by atoms with Crippen LogP contribution in [0.15, 0.2) is 46.7 Å². The molecular weight excluding hydrogens is 250 g/mol. The van der Waals surface area contributed by atoms with E-state index in [1.165, 1.54) is 9.77 Å². The van der Waals surface area contributed by atoms with Gasteiger partial charge in [-0.05, 0) is 23.6 Å². The van der Waals surface area contributed by atoms with Crippen LogP contribution in [-0.4, -0.2) is 11.3 Å². The number of fused-ring (bicyclic) bond motifs is 1. The van der Waals surface area contributed by atoms with Crippen molar-refractivity contribution < 1.29 is 5.11 Å². The summed E-state index contributed by atoms with van der Waals surface area (Å²) in [5.74, 6) is 0. The molecule has 17 heavy (non-hydrogen) atoms. The normalized spacial score (nSPS) is 23.6. The standard InChI is InChI=1S/C13H13NOS2/c15-13-8-12(11-6-3-7-16-11)17-10-5-2-1-4-9(10)14-13/h1-7,12-15H,8H2/t12-,13+/m0/s1. The van der Waals surface area contributed by atoms with Crippen molar-refractivity contribution in [2.24, 2.45) is 0 Å². The van der Waals surface area contributed by atoms with Crippen molar-refractivity contribution in [2.45, 2.75) is 22.8 Å². The van der Waals surface area contributed by atoms with Gasteiger partial charge in [-0.3, -0.25) is 0 Å². The van der Waals surface area contributed by atoms with Gasteiger partial charge in [0.05, 0.1) is 0 Å². The van der Waals surface area contributed by atoms with Gasteiger partial charge in [-0.15, -0.1) is 23.1 Å². The van der Waals surface area contributed by atoms with E-state index < -0.39 is 6.23 Å². The summed E-state index contributed by atoms with van der Waals surface area (Å²) in [5.41, 5.74) is 1.03. The van der Waals surface area contributed by atoms with Gasteiger partial charge < -0.3 is 10.4 Å². The topological polar surface area (TPSA) is 32.3 Å². The third kappa shape index (κ3) is 2.34. The summed E-state index contributed by atoms with van der Waals surface area (Å²) in [5, 5.41) is 15.6. The molecule has 0 saturated carbocycles. The zero-order chi connectivity index (χ0) is 11.7. The Labute approximate surface area is 109 Å². The molecule has 88 valence electrons. The highest BCUT2D eigenvalue weighted by molar-refractivity contribution is 7.99. The molecule has 2 aromatic rings. The van der Waals surface area contributed by atoms with E-state index in [9.17, 15) is 5.11 Å². The van der Waals surface area contributed by atoms with E-state index in [2.05, 4.69) is 28.9 Å². The molecular formula is C13H13NOS2. The maximum atomic E-state index is 9.99. The number of nitrogens with one attached hydrogen (secondary N) is 1. The van der Waals surface area contributed by atoms with E-state index in [1.807, 2.05) is 30.0 Å². The second kappa shape index (κ2) is 4.72. The fourth-order valence-corrected chi connectivity index (χ4v) is 4.20. The molecule has 0 unspecified atom stereocenters. The average molecular weight is 263 g/mol. The zero-order valence-corrected chi connectivity index (χ0v) is 10.8. The fourth-order valence-electron chi connectivity index (χ4n) is 1.98.